The van der Waals surface area contributed by atoms with Gasteiger partial charge in [-0.3, -0.25) is 0 Å². The molecule has 1 saturated heterocycles. The monoisotopic (exact) mass is 532 g/mol. The maximum atomic E-state index is 10.9. The molecule has 38 heavy (non-hydrogen) atoms. The number of terminal acetylenes is 3. The lowest BCUT2D eigenvalue weighted by atomic mass is 9.98. The van der Waals surface area contributed by atoms with Gasteiger partial charge in [-0.05, 0) is 15.4 Å². The molecule has 7 heteroatoms. The third kappa shape index (κ3) is 6.56. The highest BCUT2D eigenvalue weighted by atomic mass is 28.4. The number of aliphatic hydroxyl groups excluding tert-OH is 1. The van der Waals surface area contributed by atoms with Crippen LogP contribution in [0.25, 0.3) is 0 Å². The van der Waals surface area contributed by atoms with Gasteiger partial charge in [-0.15, -0.1) is 19.3 Å². The highest BCUT2D eigenvalue weighted by molar-refractivity contribution is 6.99. The zero-order valence-electron chi connectivity index (χ0n) is 22.2. The molecule has 0 saturated carbocycles. The van der Waals surface area contributed by atoms with Gasteiger partial charge in [-0.2, -0.15) is 0 Å². The van der Waals surface area contributed by atoms with Crippen molar-refractivity contribution in [1.29, 1.82) is 0 Å². The van der Waals surface area contributed by atoms with E-state index in [4.69, 9.17) is 42.6 Å². The van der Waals surface area contributed by atoms with Crippen LogP contribution in [0.1, 0.15) is 20.8 Å². The van der Waals surface area contributed by atoms with Crippen LogP contribution in [0.5, 0.6) is 0 Å². The maximum absolute atomic E-state index is 10.9. The summed E-state index contributed by atoms with van der Waals surface area (Å²) < 4.78 is 30.7. The first-order chi connectivity index (χ1) is 18.3. The molecule has 6 nitrogen and oxygen atoms in total. The summed E-state index contributed by atoms with van der Waals surface area (Å²) in [5.41, 5.74) is 0. The van der Waals surface area contributed by atoms with Crippen molar-refractivity contribution in [2.75, 3.05) is 26.4 Å². The standard InChI is InChI=1S/C31H36O6Si/c1-7-20-33-27-26(37-30(32)29(35-22-9-3)28(27)34-21-8-2)23-36-38(31(4,5)6,24-16-12-10-13-17-24)25-18-14-11-15-19-25/h1-3,10-19,26-30,32H,20-23H2,4-6H3/t26-,27+,28+,29-,30-/m1/s1. The first-order valence-electron chi connectivity index (χ1n) is 12.5. The highest BCUT2D eigenvalue weighted by Gasteiger charge is 2.53. The van der Waals surface area contributed by atoms with Crippen LogP contribution in [0.2, 0.25) is 5.04 Å². The molecule has 1 fully saturated rings. The van der Waals surface area contributed by atoms with E-state index in [1.54, 1.807) is 0 Å². The normalized spacial score (nSPS) is 23.7. The van der Waals surface area contributed by atoms with Gasteiger partial charge in [0, 0.05) is 0 Å². The molecule has 1 aliphatic heterocycles. The molecule has 2 aromatic carbocycles. The average molecular weight is 533 g/mol. The third-order valence-electron chi connectivity index (χ3n) is 6.57. The van der Waals surface area contributed by atoms with E-state index >= 15 is 0 Å². The molecule has 200 valence electrons. The molecule has 1 aliphatic rings. The van der Waals surface area contributed by atoms with Crippen LogP contribution in [0.15, 0.2) is 60.7 Å². The lowest BCUT2D eigenvalue weighted by molar-refractivity contribution is -0.304. The van der Waals surface area contributed by atoms with Crippen molar-refractivity contribution in [2.45, 2.75) is 56.5 Å². The van der Waals surface area contributed by atoms with E-state index in [1.807, 2.05) is 36.4 Å². The second-order valence-corrected chi connectivity index (χ2v) is 14.3. The number of rotatable bonds is 11. The second-order valence-electron chi connectivity index (χ2n) is 9.98. The van der Waals surface area contributed by atoms with Crippen molar-refractivity contribution in [1.82, 2.24) is 0 Å². The third-order valence-corrected chi connectivity index (χ3v) is 11.6. The minimum absolute atomic E-state index is 0.00237. The molecule has 0 spiro atoms. The summed E-state index contributed by atoms with van der Waals surface area (Å²) in [5.74, 6) is 7.35. The Bertz CT molecular complexity index is 1090. The van der Waals surface area contributed by atoms with Gasteiger partial charge in [0.05, 0.1) is 6.61 Å². The van der Waals surface area contributed by atoms with Crippen molar-refractivity contribution in [3.63, 3.8) is 0 Å². The molecule has 0 aromatic heterocycles. The van der Waals surface area contributed by atoms with Crippen molar-refractivity contribution >= 4 is 18.7 Å². The van der Waals surface area contributed by atoms with Crippen LogP contribution in [-0.4, -0.2) is 70.6 Å². The largest absolute Gasteiger partial charge is 0.405 e. The van der Waals surface area contributed by atoms with Crippen LogP contribution in [-0.2, 0) is 23.4 Å². The van der Waals surface area contributed by atoms with Crippen LogP contribution in [0, 0.1) is 37.0 Å². The summed E-state index contributed by atoms with van der Waals surface area (Å²) >= 11 is 0. The molecule has 1 N–H and O–H groups in total. The molecule has 5 atom stereocenters. The Morgan fingerprint density at radius 1 is 0.763 bits per heavy atom. The van der Waals surface area contributed by atoms with Gasteiger partial charge in [-0.1, -0.05) is 99.2 Å². The lowest BCUT2D eigenvalue weighted by Crippen LogP contribution is -2.68. The molecule has 0 bridgehead atoms. The molecule has 0 unspecified atom stereocenters. The van der Waals surface area contributed by atoms with Crippen LogP contribution in [0.4, 0.5) is 0 Å². The van der Waals surface area contributed by atoms with Crippen molar-refractivity contribution in [2.24, 2.45) is 0 Å². The minimum atomic E-state index is -2.89. The SMILES string of the molecule is C#CCO[C@@H]1[C@@H](OCC#C)[C@H](O)O[C@H](CO[Si](c2ccccc2)(c2ccccc2)C(C)(C)C)[C@@H]1OCC#C. The van der Waals surface area contributed by atoms with E-state index < -0.39 is 39.0 Å². The van der Waals surface area contributed by atoms with Crippen molar-refractivity contribution in [3.05, 3.63) is 60.7 Å². The predicted octanol–water partition coefficient (Wildman–Crippen LogP) is 2.34. The number of hydrogen-bond acceptors (Lipinski definition) is 6. The summed E-state index contributed by atoms with van der Waals surface area (Å²) in [5, 5.41) is 12.9. The van der Waals surface area contributed by atoms with E-state index in [0.29, 0.717) is 0 Å². The number of ether oxygens (including phenoxy) is 4. The molecule has 2 aromatic rings. The first-order valence-corrected chi connectivity index (χ1v) is 14.4. The quantitative estimate of drug-likeness (QED) is 0.354. The Labute approximate surface area is 227 Å². The summed E-state index contributed by atoms with van der Waals surface area (Å²) in [6.45, 7) is 6.59. The fourth-order valence-electron chi connectivity index (χ4n) is 5.00. The van der Waals surface area contributed by atoms with Gasteiger partial charge in [0.25, 0.3) is 8.32 Å². The lowest BCUT2D eigenvalue weighted by Gasteiger charge is -2.47. The Hall–Kier alpha value is -2.90. The molecule has 0 amide bonds. The molecule has 0 aliphatic carbocycles. The van der Waals surface area contributed by atoms with E-state index in [2.05, 4.69) is 62.8 Å². The summed E-state index contributed by atoms with van der Waals surface area (Å²) in [6, 6.07) is 20.5. The van der Waals surface area contributed by atoms with Gasteiger partial charge in [-0.25, -0.2) is 0 Å². The van der Waals surface area contributed by atoms with Crippen LogP contribution >= 0.6 is 0 Å². The van der Waals surface area contributed by atoms with Crippen LogP contribution < -0.4 is 10.4 Å². The molecular formula is C31H36O6Si. The van der Waals surface area contributed by atoms with Gasteiger partial charge >= 0.3 is 0 Å². The zero-order valence-corrected chi connectivity index (χ0v) is 23.2. The predicted molar refractivity (Wildman–Crippen MR) is 150 cm³/mol. The van der Waals surface area contributed by atoms with Crippen LogP contribution in [0.3, 0.4) is 0 Å². The maximum Gasteiger partial charge on any atom is 0.261 e. The van der Waals surface area contributed by atoms with Crippen molar-refractivity contribution in [3.8, 4) is 37.0 Å². The van der Waals surface area contributed by atoms with Gasteiger partial charge in [0.1, 0.15) is 44.2 Å². The average Bonchev–Trinajstić information content (AvgIpc) is 2.91. The minimum Gasteiger partial charge on any atom is -0.405 e. The summed E-state index contributed by atoms with van der Waals surface area (Å²) in [7, 11) is -2.89. The van der Waals surface area contributed by atoms with E-state index in [1.165, 1.54) is 0 Å². The number of hydrogen-bond donors (Lipinski definition) is 1. The van der Waals surface area contributed by atoms with Gasteiger partial charge < -0.3 is 28.5 Å². The number of aliphatic hydroxyl groups is 1. The number of benzene rings is 2. The second kappa shape index (κ2) is 13.8. The fourth-order valence-corrected chi connectivity index (χ4v) is 9.57. The van der Waals surface area contributed by atoms with Crippen molar-refractivity contribution < 1.29 is 28.5 Å². The van der Waals surface area contributed by atoms with E-state index in [-0.39, 0.29) is 31.5 Å². The summed E-state index contributed by atoms with van der Waals surface area (Å²) in [6.07, 6.45) is 11.8. The Morgan fingerprint density at radius 3 is 1.66 bits per heavy atom. The smallest absolute Gasteiger partial charge is 0.261 e. The zero-order chi connectivity index (χ0) is 27.6. The molecule has 3 rings (SSSR count). The molecular weight excluding hydrogens is 496 g/mol. The Balaban J connectivity index is 2.02. The van der Waals surface area contributed by atoms with E-state index in [0.717, 1.165) is 10.4 Å². The Kier molecular flexibility index (Phi) is 10.7. The molecule has 1 heterocycles. The first kappa shape index (κ1) is 29.6. The molecule has 0 radical (unpaired) electrons. The Morgan fingerprint density at radius 2 is 1.21 bits per heavy atom. The van der Waals surface area contributed by atoms with Gasteiger partial charge in [0.2, 0.25) is 0 Å². The highest BCUT2D eigenvalue weighted by Crippen LogP contribution is 2.37. The van der Waals surface area contributed by atoms with E-state index in [9.17, 15) is 5.11 Å². The fraction of sp³-hybridized carbons (Fsp3) is 0.419. The topological polar surface area (TPSA) is 66.4 Å². The summed E-state index contributed by atoms with van der Waals surface area (Å²) in [4.78, 5) is 0. The van der Waals surface area contributed by atoms with Gasteiger partial charge in [0.15, 0.2) is 6.29 Å².